The number of ether oxygens (including phenoxy) is 1. The molecule has 1 rings (SSSR count). The van der Waals surface area contributed by atoms with E-state index in [1.165, 1.54) is 89.9 Å². The predicted octanol–water partition coefficient (Wildman–Crippen LogP) is 7.61. The largest absolute Gasteiger partial charge is 0.493 e. The van der Waals surface area contributed by atoms with Crippen molar-refractivity contribution in [3.63, 3.8) is 0 Å². The Morgan fingerprint density at radius 3 is 1.68 bits per heavy atom. The van der Waals surface area contributed by atoms with E-state index in [-0.39, 0.29) is 0 Å². The molecular weight excluding hydrogens is 288 g/mol. The van der Waals surface area contributed by atoms with E-state index in [4.69, 9.17) is 4.74 Å². The van der Waals surface area contributed by atoms with Gasteiger partial charge in [-0.05, 0) is 17.9 Å². The van der Waals surface area contributed by atoms with Gasteiger partial charge in [0.2, 0.25) is 0 Å². The maximum Gasteiger partial charge on any atom is 0.129 e. The smallest absolute Gasteiger partial charge is 0.129 e. The molecule has 1 heterocycles. The molecule has 0 atom stereocenters. The number of hydrogen-bond acceptors (Lipinski definition) is 2. The molecule has 0 fully saturated rings. The van der Waals surface area contributed by atoms with Gasteiger partial charge in [0.1, 0.15) is 5.75 Å². The molecular formula is C20H36OS. The van der Waals surface area contributed by atoms with Gasteiger partial charge < -0.3 is 4.74 Å². The molecule has 1 aromatic heterocycles. The summed E-state index contributed by atoms with van der Waals surface area (Å²) >= 11 is 1.70. The fraction of sp³-hybridized carbons (Fsp3) is 0.800. The first kappa shape index (κ1) is 19.5. The van der Waals surface area contributed by atoms with Crippen LogP contribution in [0.25, 0.3) is 0 Å². The van der Waals surface area contributed by atoms with E-state index in [2.05, 4.69) is 23.8 Å². The van der Waals surface area contributed by atoms with Crippen LogP contribution in [-0.2, 0) is 0 Å². The minimum atomic E-state index is 0.884. The lowest BCUT2D eigenvalue weighted by Crippen LogP contribution is -1.95. The van der Waals surface area contributed by atoms with Gasteiger partial charge in [0.15, 0.2) is 0 Å². The summed E-state index contributed by atoms with van der Waals surface area (Å²) in [5.41, 5.74) is 0. The zero-order valence-electron chi connectivity index (χ0n) is 14.7. The van der Waals surface area contributed by atoms with Gasteiger partial charge in [0.25, 0.3) is 0 Å². The molecule has 0 bridgehead atoms. The summed E-state index contributed by atoms with van der Waals surface area (Å²) in [7, 11) is 0. The van der Waals surface area contributed by atoms with Crippen molar-refractivity contribution < 1.29 is 4.74 Å². The van der Waals surface area contributed by atoms with E-state index >= 15 is 0 Å². The van der Waals surface area contributed by atoms with Gasteiger partial charge in [-0.3, -0.25) is 0 Å². The first-order valence-electron chi connectivity index (χ1n) is 9.58. The van der Waals surface area contributed by atoms with Gasteiger partial charge in [-0.1, -0.05) is 90.4 Å². The quantitative estimate of drug-likeness (QED) is 0.284. The van der Waals surface area contributed by atoms with E-state index < -0.39 is 0 Å². The van der Waals surface area contributed by atoms with E-state index in [1.54, 1.807) is 11.3 Å². The molecule has 0 saturated carbocycles. The van der Waals surface area contributed by atoms with Gasteiger partial charge in [0.05, 0.1) is 6.61 Å². The molecule has 0 aliphatic heterocycles. The third kappa shape index (κ3) is 12.1. The average Bonchev–Trinajstić information content (AvgIpc) is 3.04. The van der Waals surface area contributed by atoms with Crippen LogP contribution < -0.4 is 4.74 Å². The van der Waals surface area contributed by atoms with E-state index in [1.807, 2.05) is 0 Å². The van der Waals surface area contributed by atoms with Crippen molar-refractivity contribution in [3.8, 4) is 5.75 Å². The molecule has 0 aliphatic carbocycles. The lowest BCUT2D eigenvalue weighted by molar-refractivity contribution is 0.305. The molecule has 0 aliphatic rings. The van der Waals surface area contributed by atoms with Crippen LogP contribution in [0.5, 0.6) is 5.75 Å². The topological polar surface area (TPSA) is 9.23 Å². The number of unbranched alkanes of at least 4 members (excludes halogenated alkanes) is 13. The second-order valence-corrected chi connectivity index (χ2v) is 7.18. The summed E-state index contributed by atoms with van der Waals surface area (Å²) in [4.78, 5) is 0. The molecule has 0 amide bonds. The average molecular weight is 325 g/mol. The zero-order valence-corrected chi connectivity index (χ0v) is 15.5. The van der Waals surface area contributed by atoms with Crippen molar-refractivity contribution in [1.29, 1.82) is 0 Å². The second-order valence-electron chi connectivity index (χ2n) is 6.40. The molecule has 0 spiro atoms. The molecule has 0 radical (unpaired) electrons. The third-order valence-corrected chi connectivity index (χ3v) is 4.92. The molecule has 1 aromatic rings. The van der Waals surface area contributed by atoms with Crippen LogP contribution in [0.4, 0.5) is 0 Å². The predicted molar refractivity (Wildman–Crippen MR) is 100 cm³/mol. The van der Waals surface area contributed by atoms with Crippen molar-refractivity contribution in [2.45, 2.75) is 96.8 Å². The Bertz CT molecular complexity index is 308. The molecule has 0 saturated heterocycles. The highest BCUT2D eigenvalue weighted by Crippen LogP contribution is 2.16. The number of thiophene rings is 1. The summed E-state index contributed by atoms with van der Waals surface area (Å²) in [5.74, 6) is 1.04. The van der Waals surface area contributed by atoms with Crippen LogP contribution in [0.2, 0.25) is 0 Å². The minimum Gasteiger partial charge on any atom is -0.493 e. The third-order valence-electron chi connectivity index (χ3n) is 4.26. The summed E-state index contributed by atoms with van der Waals surface area (Å²) in [6, 6.07) is 2.05. The highest BCUT2D eigenvalue weighted by Gasteiger charge is 1.95. The Kier molecular flexibility index (Phi) is 13.7. The Labute approximate surface area is 142 Å². The lowest BCUT2D eigenvalue weighted by Gasteiger charge is -2.04. The lowest BCUT2D eigenvalue weighted by atomic mass is 10.0. The van der Waals surface area contributed by atoms with Crippen molar-refractivity contribution >= 4 is 11.3 Å². The summed E-state index contributed by atoms with van der Waals surface area (Å²) in [6.45, 7) is 3.17. The van der Waals surface area contributed by atoms with Crippen molar-refractivity contribution in [3.05, 3.63) is 16.8 Å². The Hall–Kier alpha value is -0.500. The first-order valence-corrected chi connectivity index (χ1v) is 10.5. The monoisotopic (exact) mass is 324 g/mol. The van der Waals surface area contributed by atoms with E-state index in [0.29, 0.717) is 0 Å². The molecule has 0 N–H and O–H groups in total. The molecule has 128 valence electrons. The first-order chi connectivity index (χ1) is 10.9. The molecule has 1 nitrogen and oxygen atoms in total. The normalized spacial score (nSPS) is 11.0. The second kappa shape index (κ2) is 15.4. The minimum absolute atomic E-state index is 0.884. The maximum atomic E-state index is 5.66. The maximum absolute atomic E-state index is 5.66. The van der Waals surface area contributed by atoms with Crippen molar-refractivity contribution in [1.82, 2.24) is 0 Å². The van der Waals surface area contributed by atoms with Gasteiger partial charge in [0, 0.05) is 5.38 Å². The van der Waals surface area contributed by atoms with Gasteiger partial charge in [-0.15, -0.1) is 11.3 Å². The van der Waals surface area contributed by atoms with Crippen molar-refractivity contribution in [2.24, 2.45) is 0 Å². The van der Waals surface area contributed by atoms with Crippen molar-refractivity contribution in [2.75, 3.05) is 6.61 Å². The Morgan fingerprint density at radius 2 is 1.23 bits per heavy atom. The van der Waals surface area contributed by atoms with Crippen LogP contribution >= 0.6 is 11.3 Å². The summed E-state index contributed by atoms with van der Waals surface area (Å²) < 4.78 is 5.66. The van der Waals surface area contributed by atoms with Crippen LogP contribution in [-0.4, -0.2) is 6.61 Å². The molecule has 0 aromatic carbocycles. The summed E-state index contributed by atoms with van der Waals surface area (Å²) in [5, 5.41) is 4.14. The van der Waals surface area contributed by atoms with Gasteiger partial charge in [-0.25, -0.2) is 0 Å². The fourth-order valence-corrected chi connectivity index (χ4v) is 3.39. The van der Waals surface area contributed by atoms with Crippen LogP contribution in [0.1, 0.15) is 96.8 Å². The van der Waals surface area contributed by atoms with E-state index in [0.717, 1.165) is 12.4 Å². The number of rotatable bonds is 16. The van der Waals surface area contributed by atoms with Crippen LogP contribution in [0, 0.1) is 0 Å². The van der Waals surface area contributed by atoms with Gasteiger partial charge in [-0.2, -0.15) is 0 Å². The van der Waals surface area contributed by atoms with Crippen LogP contribution in [0.15, 0.2) is 16.8 Å². The van der Waals surface area contributed by atoms with E-state index in [9.17, 15) is 0 Å². The fourth-order valence-electron chi connectivity index (χ4n) is 2.82. The summed E-state index contributed by atoms with van der Waals surface area (Å²) in [6.07, 6.45) is 19.7. The Balaban J connectivity index is 1.68. The molecule has 2 heteroatoms. The highest BCUT2D eigenvalue weighted by atomic mass is 32.1. The zero-order chi connectivity index (χ0) is 15.7. The van der Waals surface area contributed by atoms with Gasteiger partial charge >= 0.3 is 0 Å². The van der Waals surface area contributed by atoms with Crippen LogP contribution in [0.3, 0.4) is 0 Å². The molecule has 22 heavy (non-hydrogen) atoms. The molecule has 0 unspecified atom stereocenters. The Morgan fingerprint density at radius 1 is 0.727 bits per heavy atom. The number of hydrogen-bond donors (Lipinski definition) is 0. The SMILES string of the molecule is CCCCCCCCCCCCCCCCOc1ccsc1. The standard InChI is InChI=1S/C20H36OS/c1-2-3-4-5-6-7-8-9-10-11-12-13-14-15-17-21-20-16-18-22-19-20/h16,18-19H,2-15,17H2,1H3. The highest BCUT2D eigenvalue weighted by molar-refractivity contribution is 7.08.